The second kappa shape index (κ2) is 8.79. The highest BCUT2D eigenvalue weighted by Crippen LogP contribution is 2.26. The van der Waals surface area contributed by atoms with Crippen LogP contribution in [0.4, 0.5) is 5.69 Å². The Hall–Kier alpha value is -0.540. The summed E-state index contributed by atoms with van der Waals surface area (Å²) in [6, 6.07) is 6.86. The number of nitrogens with one attached hydrogen (secondary N) is 1. The first-order valence-electron chi connectivity index (χ1n) is 8.41. The van der Waals surface area contributed by atoms with Crippen molar-refractivity contribution < 1.29 is 0 Å². The number of benzene rings is 1. The van der Waals surface area contributed by atoms with Gasteiger partial charge in [0.25, 0.3) is 0 Å². The van der Waals surface area contributed by atoms with E-state index in [0.717, 1.165) is 13.1 Å². The number of halogens is 1. The first-order chi connectivity index (χ1) is 10.2. The number of rotatable bonds is 5. The number of nitrogens with zero attached hydrogens (tertiary/aromatic N) is 1. The van der Waals surface area contributed by atoms with Crippen LogP contribution in [0.1, 0.15) is 51.5 Å². The Kier molecular flexibility index (Phi) is 7.05. The van der Waals surface area contributed by atoms with E-state index in [1.807, 2.05) is 0 Å². The van der Waals surface area contributed by atoms with Crippen molar-refractivity contribution in [2.75, 3.05) is 24.5 Å². The molecule has 1 saturated heterocycles. The lowest BCUT2D eigenvalue weighted by Gasteiger charge is -2.27. The smallest absolute Gasteiger partial charge is 0.0377 e. The second-order valence-electron chi connectivity index (χ2n) is 6.56. The predicted octanol–water partition coefficient (Wildman–Crippen LogP) is 4.97. The molecule has 0 atom stereocenters. The maximum atomic E-state index is 3.75. The fourth-order valence-corrected chi connectivity index (χ4v) is 3.38. The lowest BCUT2D eigenvalue weighted by Crippen LogP contribution is -2.27. The molecule has 1 aromatic rings. The summed E-state index contributed by atoms with van der Waals surface area (Å²) in [5.74, 6) is 0.698. The van der Waals surface area contributed by atoms with Crippen LogP contribution in [0.15, 0.2) is 22.7 Å². The lowest BCUT2D eigenvalue weighted by molar-refractivity contribution is 0.551. The van der Waals surface area contributed by atoms with Gasteiger partial charge in [0.2, 0.25) is 0 Å². The maximum absolute atomic E-state index is 3.75. The van der Waals surface area contributed by atoms with Crippen molar-refractivity contribution in [1.82, 2.24) is 5.32 Å². The second-order valence-corrected chi connectivity index (χ2v) is 7.41. The molecule has 2 nitrogen and oxygen atoms in total. The van der Waals surface area contributed by atoms with Crippen LogP contribution < -0.4 is 10.2 Å². The van der Waals surface area contributed by atoms with Gasteiger partial charge in [-0.25, -0.2) is 0 Å². The van der Waals surface area contributed by atoms with E-state index in [-0.39, 0.29) is 0 Å². The molecule has 1 aliphatic heterocycles. The molecular weight excluding hydrogens is 324 g/mol. The van der Waals surface area contributed by atoms with Crippen molar-refractivity contribution in [2.45, 2.75) is 52.5 Å². The Bertz CT molecular complexity index is 423. The molecule has 1 heterocycles. The van der Waals surface area contributed by atoms with Crippen LogP contribution in [0, 0.1) is 5.92 Å². The van der Waals surface area contributed by atoms with Crippen LogP contribution in [0.25, 0.3) is 0 Å². The summed E-state index contributed by atoms with van der Waals surface area (Å²) in [7, 11) is 0. The third kappa shape index (κ3) is 5.63. The Morgan fingerprint density at radius 1 is 1.10 bits per heavy atom. The highest BCUT2D eigenvalue weighted by atomic mass is 79.9. The zero-order valence-electron chi connectivity index (χ0n) is 13.5. The van der Waals surface area contributed by atoms with Gasteiger partial charge in [0.05, 0.1) is 0 Å². The Morgan fingerprint density at radius 2 is 1.76 bits per heavy atom. The molecule has 0 aliphatic carbocycles. The van der Waals surface area contributed by atoms with Gasteiger partial charge >= 0.3 is 0 Å². The van der Waals surface area contributed by atoms with Gasteiger partial charge in [-0.1, -0.05) is 55.1 Å². The fourth-order valence-electron chi connectivity index (χ4n) is 2.88. The first kappa shape index (κ1) is 16.8. The first-order valence-corrected chi connectivity index (χ1v) is 9.20. The van der Waals surface area contributed by atoms with Gasteiger partial charge in [0.1, 0.15) is 0 Å². The molecular formula is C18H29BrN2. The molecule has 0 unspecified atom stereocenters. The summed E-state index contributed by atoms with van der Waals surface area (Å²) >= 11 is 3.75. The van der Waals surface area contributed by atoms with Gasteiger partial charge in [-0.3, -0.25) is 0 Å². The van der Waals surface area contributed by atoms with Crippen LogP contribution in [0.3, 0.4) is 0 Å². The topological polar surface area (TPSA) is 15.3 Å². The van der Waals surface area contributed by atoms with Gasteiger partial charge in [-0.05, 0) is 43.0 Å². The van der Waals surface area contributed by atoms with Crippen molar-refractivity contribution >= 4 is 21.6 Å². The molecule has 1 aromatic carbocycles. The Morgan fingerprint density at radius 3 is 2.38 bits per heavy atom. The van der Waals surface area contributed by atoms with Gasteiger partial charge in [0.15, 0.2) is 0 Å². The van der Waals surface area contributed by atoms with E-state index in [4.69, 9.17) is 0 Å². The van der Waals surface area contributed by atoms with Gasteiger partial charge in [0, 0.05) is 29.8 Å². The van der Waals surface area contributed by atoms with Crippen LogP contribution in [0.5, 0.6) is 0 Å². The molecule has 0 amide bonds. The van der Waals surface area contributed by atoms with Crippen LogP contribution >= 0.6 is 15.9 Å². The maximum Gasteiger partial charge on any atom is 0.0377 e. The van der Waals surface area contributed by atoms with E-state index in [9.17, 15) is 0 Å². The normalized spacial score (nSPS) is 16.9. The van der Waals surface area contributed by atoms with Crippen molar-refractivity contribution in [3.05, 3.63) is 28.2 Å². The predicted molar refractivity (Wildman–Crippen MR) is 96.0 cm³/mol. The molecule has 0 bridgehead atoms. The number of anilines is 1. The SMILES string of the molecule is CC(C)CNCc1ccc(N2CCCCCCC2)cc1Br. The standard InChI is InChI=1S/C18H29BrN2/c1-15(2)13-20-14-16-8-9-17(12-18(16)19)21-10-6-4-3-5-7-11-21/h8-9,12,15,20H,3-7,10-11,13-14H2,1-2H3. The summed E-state index contributed by atoms with van der Waals surface area (Å²) < 4.78 is 1.23. The van der Waals surface area contributed by atoms with Gasteiger partial charge < -0.3 is 10.2 Å². The minimum absolute atomic E-state index is 0.698. The number of hydrogen-bond donors (Lipinski definition) is 1. The molecule has 118 valence electrons. The van der Waals surface area contributed by atoms with Gasteiger partial charge in [-0.15, -0.1) is 0 Å². The lowest BCUT2D eigenvalue weighted by atomic mass is 10.1. The average molecular weight is 353 g/mol. The van der Waals surface area contributed by atoms with E-state index in [2.05, 4.69) is 58.2 Å². The minimum atomic E-state index is 0.698. The van der Waals surface area contributed by atoms with Crippen molar-refractivity contribution in [3.63, 3.8) is 0 Å². The van der Waals surface area contributed by atoms with Crippen molar-refractivity contribution in [3.8, 4) is 0 Å². The third-order valence-corrected chi connectivity index (χ3v) is 4.86. The summed E-state index contributed by atoms with van der Waals surface area (Å²) in [6.07, 6.45) is 6.84. The molecule has 1 aliphatic rings. The van der Waals surface area contributed by atoms with E-state index in [1.165, 1.54) is 60.9 Å². The molecule has 21 heavy (non-hydrogen) atoms. The molecule has 2 rings (SSSR count). The molecule has 0 spiro atoms. The van der Waals surface area contributed by atoms with Gasteiger partial charge in [-0.2, -0.15) is 0 Å². The third-order valence-electron chi connectivity index (χ3n) is 4.13. The minimum Gasteiger partial charge on any atom is -0.372 e. The monoisotopic (exact) mass is 352 g/mol. The van der Waals surface area contributed by atoms with E-state index < -0.39 is 0 Å². The summed E-state index contributed by atoms with van der Waals surface area (Å²) in [5, 5.41) is 3.52. The largest absolute Gasteiger partial charge is 0.372 e. The summed E-state index contributed by atoms with van der Waals surface area (Å²) in [5.41, 5.74) is 2.72. The molecule has 0 radical (unpaired) electrons. The van der Waals surface area contributed by atoms with E-state index in [1.54, 1.807) is 0 Å². The highest BCUT2D eigenvalue weighted by molar-refractivity contribution is 9.10. The number of hydrogen-bond acceptors (Lipinski definition) is 2. The van der Waals surface area contributed by atoms with Crippen LogP contribution in [0.2, 0.25) is 0 Å². The zero-order chi connectivity index (χ0) is 15.1. The van der Waals surface area contributed by atoms with Crippen LogP contribution in [-0.2, 0) is 6.54 Å². The fraction of sp³-hybridized carbons (Fsp3) is 0.667. The molecule has 3 heteroatoms. The average Bonchev–Trinajstić information content (AvgIpc) is 2.40. The summed E-state index contributed by atoms with van der Waals surface area (Å²) in [6.45, 7) is 8.91. The van der Waals surface area contributed by atoms with Crippen LogP contribution in [-0.4, -0.2) is 19.6 Å². The zero-order valence-corrected chi connectivity index (χ0v) is 15.1. The Balaban J connectivity index is 1.96. The van der Waals surface area contributed by atoms with E-state index >= 15 is 0 Å². The highest BCUT2D eigenvalue weighted by Gasteiger charge is 2.10. The Labute approximate surface area is 138 Å². The van der Waals surface area contributed by atoms with Crippen molar-refractivity contribution in [1.29, 1.82) is 0 Å². The molecule has 0 aromatic heterocycles. The molecule has 0 saturated carbocycles. The van der Waals surface area contributed by atoms with E-state index in [0.29, 0.717) is 5.92 Å². The van der Waals surface area contributed by atoms with Crippen molar-refractivity contribution in [2.24, 2.45) is 5.92 Å². The summed E-state index contributed by atoms with van der Waals surface area (Å²) in [4.78, 5) is 2.55. The molecule has 1 N–H and O–H groups in total. The molecule has 1 fully saturated rings. The quantitative estimate of drug-likeness (QED) is 0.804.